The third-order valence-corrected chi connectivity index (χ3v) is 4.82. The average molecular weight is 358 g/mol. The highest BCUT2D eigenvalue weighted by Gasteiger charge is 2.38. The number of para-hydroxylation sites is 3. The SMILES string of the molecule is CCOc1ccccc1NC1c2ccccc2C(=O)N1c1ccccc1C. The fourth-order valence-electron chi connectivity index (χ4n) is 3.56. The molecule has 136 valence electrons. The number of fused-ring (bicyclic) bond motifs is 1. The van der Waals surface area contributed by atoms with Gasteiger partial charge in [-0.15, -0.1) is 0 Å². The normalized spacial score (nSPS) is 15.6. The lowest BCUT2D eigenvalue weighted by Crippen LogP contribution is -2.32. The number of hydrogen-bond acceptors (Lipinski definition) is 3. The van der Waals surface area contributed by atoms with Crippen molar-refractivity contribution in [3.05, 3.63) is 89.5 Å². The first-order chi connectivity index (χ1) is 13.2. The van der Waals surface area contributed by atoms with Crippen LogP contribution in [0.2, 0.25) is 0 Å². The van der Waals surface area contributed by atoms with E-state index in [2.05, 4.69) is 5.32 Å². The van der Waals surface area contributed by atoms with Gasteiger partial charge in [0.05, 0.1) is 12.3 Å². The second kappa shape index (κ2) is 7.16. The topological polar surface area (TPSA) is 41.6 Å². The molecule has 1 unspecified atom stereocenters. The third kappa shape index (κ3) is 3.04. The van der Waals surface area contributed by atoms with Gasteiger partial charge in [-0.05, 0) is 43.7 Å². The molecule has 0 spiro atoms. The van der Waals surface area contributed by atoms with Crippen molar-refractivity contribution in [2.45, 2.75) is 20.0 Å². The van der Waals surface area contributed by atoms with Gasteiger partial charge < -0.3 is 10.1 Å². The van der Waals surface area contributed by atoms with Crippen LogP contribution in [0.1, 0.15) is 34.6 Å². The van der Waals surface area contributed by atoms with Crippen LogP contribution >= 0.6 is 0 Å². The molecule has 0 saturated carbocycles. The second-order valence-corrected chi connectivity index (χ2v) is 6.52. The summed E-state index contributed by atoms with van der Waals surface area (Å²) in [5.41, 5.74) is 4.53. The number of carbonyl (C=O) groups excluding carboxylic acids is 1. The summed E-state index contributed by atoms with van der Waals surface area (Å²) in [6.07, 6.45) is -0.295. The Hall–Kier alpha value is -3.27. The van der Waals surface area contributed by atoms with Gasteiger partial charge in [-0.1, -0.05) is 48.5 Å². The first-order valence-corrected chi connectivity index (χ1v) is 9.17. The van der Waals surface area contributed by atoms with Crippen LogP contribution in [-0.2, 0) is 0 Å². The Morgan fingerprint density at radius 2 is 1.67 bits per heavy atom. The third-order valence-electron chi connectivity index (χ3n) is 4.82. The van der Waals surface area contributed by atoms with Crippen LogP contribution in [0.25, 0.3) is 0 Å². The van der Waals surface area contributed by atoms with Crippen molar-refractivity contribution >= 4 is 17.3 Å². The van der Waals surface area contributed by atoms with Gasteiger partial charge in [0, 0.05) is 16.8 Å². The first kappa shape index (κ1) is 17.2. The van der Waals surface area contributed by atoms with E-state index in [1.807, 2.05) is 91.5 Å². The second-order valence-electron chi connectivity index (χ2n) is 6.52. The molecular formula is C23H22N2O2. The predicted molar refractivity (Wildman–Crippen MR) is 108 cm³/mol. The minimum absolute atomic E-state index is 0.00583. The van der Waals surface area contributed by atoms with E-state index in [-0.39, 0.29) is 12.1 Å². The zero-order valence-electron chi connectivity index (χ0n) is 15.5. The zero-order chi connectivity index (χ0) is 18.8. The minimum Gasteiger partial charge on any atom is -0.492 e. The molecule has 3 aromatic carbocycles. The molecule has 4 rings (SSSR count). The van der Waals surface area contributed by atoms with E-state index in [1.165, 1.54) is 0 Å². The summed E-state index contributed by atoms with van der Waals surface area (Å²) in [6, 6.07) is 23.6. The highest BCUT2D eigenvalue weighted by molar-refractivity contribution is 6.11. The summed E-state index contributed by atoms with van der Waals surface area (Å²) >= 11 is 0. The zero-order valence-corrected chi connectivity index (χ0v) is 15.5. The predicted octanol–water partition coefficient (Wildman–Crippen LogP) is 5.16. The number of rotatable bonds is 5. The highest BCUT2D eigenvalue weighted by Crippen LogP contribution is 2.40. The van der Waals surface area contributed by atoms with Gasteiger partial charge in [0.25, 0.3) is 5.91 Å². The fraction of sp³-hybridized carbons (Fsp3) is 0.174. The van der Waals surface area contributed by atoms with Gasteiger partial charge in [-0.3, -0.25) is 9.69 Å². The highest BCUT2D eigenvalue weighted by atomic mass is 16.5. The summed E-state index contributed by atoms with van der Waals surface area (Å²) in [7, 11) is 0. The standard InChI is InChI=1S/C23H22N2O2/c1-3-27-21-15-9-7-13-19(21)24-22-17-11-5-6-12-18(17)23(26)25(22)20-14-8-4-10-16(20)2/h4-15,22,24H,3H2,1-2H3. The molecule has 0 saturated heterocycles. The minimum atomic E-state index is -0.295. The average Bonchev–Trinajstić information content (AvgIpc) is 2.96. The summed E-state index contributed by atoms with van der Waals surface area (Å²) < 4.78 is 5.76. The van der Waals surface area contributed by atoms with E-state index in [4.69, 9.17) is 4.74 Å². The van der Waals surface area contributed by atoms with Crippen LogP contribution in [0.5, 0.6) is 5.75 Å². The molecule has 1 N–H and O–H groups in total. The maximum absolute atomic E-state index is 13.2. The van der Waals surface area contributed by atoms with Crippen molar-refractivity contribution in [3.63, 3.8) is 0 Å². The fourth-order valence-corrected chi connectivity index (χ4v) is 3.56. The molecule has 27 heavy (non-hydrogen) atoms. The molecule has 0 aromatic heterocycles. The smallest absolute Gasteiger partial charge is 0.260 e. The molecule has 0 radical (unpaired) electrons. The summed E-state index contributed by atoms with van der Waals surface area (Å²) in [6.45, 7) is 4.57. The monoisotopic (exact) mass is 358 g/mol. The number of carbonyl (C=O) groups is 1. The summed E-state index contributed by atoms with van der Waals surface area (Å²) in [5.74, 6) is 0.785. The van der Waals surface area contributed by atoms with Gasteiger partial charge in [-0.2, -0.15) is 0 Å². The van der Waals surface area contributed by atoms with E-state index >= 15 is 0 Å². The van der Waals surface area contributed by atoms with Crippen molar-refractivity contribution in [1.29, 1.82) is 0 Å². The molecular weight excluding hydrogens is 336 g/mol. The van der Waals surface area contributed by atoms with Gasteiger partial charge in [0.1, 0.15) is 11.9 Å². The molecule has 3 aromatic rings. The van der Waals surface area contributed by atoms with Crippen LogP contribution in [0, 0.1) is 6.92 Å². The number of anilines is 2. The molecule has 1 aliphatic heterocycles. The van der Waals surface area contributed by atoms with Crippen molar-refractivity contribution in [3.8, 4) is 5.75 Å². The van der Waals surface area contributed by atoms with Crippen LogP contribution in [0.3, 0.4) is 0 Å². The molecule has 1 heterocycles. The van der Waals surface area contributed by atoms with Gasteiger partial charge >= 0.3 is 0 Å². The Bertz CT molecular complexity index is 983. The Balaban J connectivity index is 1.80. The first-order valence-electron chi connectivity index (χ1n) is 9.17. The van der Waals surface area contributed by atoms with E-state index < -0.39 is 0 Å². The lowest BCUT2D eigenvalue weighted by atomic mass is 10.1. The number of hydrogen-bond donors (Lipinski definition) is 1. The molecule has 0 fully saturated rings. The Labute approximate surface area is 159 Å². The number of nitrogens with one attached hydrogen (secondary N) is 1. The summed E-state index contributed by atoms with van der Waals surface area (Å²) in [4.78, 5) is 15.1. The van der Waals surface area contributed by atoms with E-state index in [1.54, 1.807) is 0 Å². The summed E-state index contributed by atoms with van der Waals surface area (Å²) in [5, 5.41) is 3.54. The van der Waals surface area contributed by atoms with Crippen LogP contribution in [0.15, 0.2) is 72.8 Å². The molecule has 4 nitrogen and oxygen atoms in total. The Morgan fingerprint density at radius 3 is 2.48 bits per heavy atom. The number of aryl methyl sites for hydroxylation is 1. The quantitative estimate of drug-likeness (QED) is 0.684. The maximum atomic E-state index is 13.2. The Morgan fingerprint density at radius 1 is 0.963 bits per heavy atom. The van der Waals surface area contributed by atoms with E-state index in [9.17, 15) is 4.79 Å². The van der Waals surface area contributed by atoms with Crippen LogP contribution < -0.4 is 15.0 Å². The molecule has 1 atom stereocenters. The number of nitrogens with zero attached hydrogens (tertiary/aromatic N) is 1. The molecule has 0 bridgehead atoms. The molecule has 4 heteroatoms. The number of ether oxygens (including phenoxy) is 1. The lowest BCUT2D eigenvalue weighted by Gasteiger charge is -2.29. The molecule has 0 aliphatic carbocycles. The van der Waals surface area contributed by atoms with Crippen LogP contribution in [0.4, 0.5) is 11.4 Å². The Kier molecular flexibility index (Phi) is 4.55. The van der Waals surface area contributed by atoms with Gasteiger partial charge in [0.2, 0.25) is 0 Å². The molecule has 1 amide bonds. The van der Waals surface area contributed by atoms with Crippen molar-refractivity contribution in [2.75, 3.05) is 16.8 Å². The van der Waals surface area contributed by atoms with Crippen molar-refractivity contribution in [2.24, 2.45) is 0 Å². The number of amides is 1. The van der Waals surface area contributed by atoms with Crippen molar-refractivity contribution in [1.82, 2.24) is 0 Å². The van der Waals surface area contributed by atoms with Crippen molar-refractivity contribution < 1.29 is 9.53 Å². The molecule has 1 aliphatic rings. The number of benzene rings is 3. The van der Waals surface area contributed by atoms with Gasteiger partial charge in [0.15, 0.2) is 0 Å². The lowest BCUT2D eigenvalue weighted by molar-refractivity contribution is 0.0992. The van der Waals surface area contributed by atoms with E-state index in [0.29, 0.717) is 6.61 Å². The van der Waals surface area contributed by atoms with Crippen LogP contribution in [-0.4, -0.2) is 12.5 Å². The van der Waals surface area contributed by atoms with Gasteiger partial charge in [-0.25, -0.2) is 0 Å². The van der Waals surface area contributed by atoms with E-state index in [0.717, 1.165) is 33.8 Å². The largest absolute Gasteiger partial charge is 0.492 e. The maximum Gasteiger partial charge on any atom is 0.260 e.